The highest BCUT2D eigenvalue weighted by Crippen LogP contribution is 2.24. The Kier molecular flexibility index (Phi) is 6.60. The highest BCUT2D eigenvalue weighted by Gasteiger charge is 2.23. The van der Waals surface area contributed by atoms with Crippen molar-refractivity contribution in [3.63, 3.8) is 0 Å². The maximum absolute atomic E-state index is 15.0. The Morgan fingerprint density at radius 2 is 2.07 bits per heavy atom. The first-order valence-electron chi connectivity index (χ1n) is 8.23. The molecule has 0 N–H and O–H groups in total. The van der Waals surface area contributed by atoms with E-state index in [1.807, 2.05) is 0 Å². The topological polar surface area (TPSA) is 98.4 Å². The number of fused-ring (bicyclic) bond motifs is 1. The molecule has 0 amide bonds. The fourth-order valence-electron chi connectivity index (χ4n) is 2.55. The molecular formula is C19H16F2N2O5. The summed E-state index contributed by atoms with van der Waals surface area (Å²) in [5.74, 6) is -4.16. The number of halogens is 2. The van der Waals surface area contributed by atoms with Crippen LogP contribution in [0.25, 0.3) is 17.1 Å². The predicted octanol–water partition coefficient (Wildman–Crippen LogP) is 2.56. The molecule has 1 aromatic carbocycles. The number of carbonyl (C=O) groups excluding carboxylic acids is 2. The van der Waals surface area contributed by atoms with Gasteiger partial charge in [0, 0.05) is 18.0 Å². The Labute approximate surface area is 158 Å². The van der Waals surface area contributed by atoms with Gasteiger partial charge in [0.25, 0.3) is 0 Å². The van der Waals surface area contributed by atoms with E-state index in [9.17, 15) is 23.2 Å². The van der Waals surface area contributed by atoms with Crippen LogP contribution in [0.2, 0.25) is 0 Å². The second kappa shape index (κ2) is 8.90. The van der Waals surface area contributed by atoms with Crippen molar-refractivity contribution in [2.24, 2.45) is 0 Å². The summed E-state index contributed by atoms with van der Waals surface area (Å²) < 4.78 is 39.9. The molecule has 0 fully saturated rings. The molecule has 2 rings (SSSR count). The highest BCUT2D eigenvalue weighted by molar-refractivity contribution is 5.95. The van der Waals surface area contributed by atoms with Crippen molar-refractivity contribution in [3.8, 4) is 6.07 Å². The minimum atomic E-state index is -1.15. The molecule has 1 aromatic heterocycles. The Morgan fingerprint density at radius 1 is 1.36 bits per heavy atom. The Bertz CT molecular complexity index is 1050. The number of rotatable bonds is 7. The number of nitriles is 1. The van der Waals surface area contributed by atoms with Crippen LogP contribution < -0.4 is 5.43 Å². The van der Waals surface area contributed by atoms with Gasteiger partial charge in [-0.2, -0.15) is 5.26 Å². The number of hydrogen-bond acceptors (Lipinski definition) is 6. The summed E-state index contributed by atoms with van der Waals surface area (Å²) in [7, 11) is 0. The van der Waals surface area contributed by atoms with Gasteiger partial charge in [-0.05, 0) is 13.0 Å². The first kappa shape index (κ1) is 20.8. The lowest BCUT2D eigenvalue weighted by molar-refractivity contribution is -0.142. The van der Waals surface area contributed by atoms with Gasteiger partial charge in [0.15, 0.2) is 5.82 Å². The number of esters is 2. The zero-order valence-electron chi connectivity index (χ0n) is 15.0. The Balaban J connectivity index is 2.61. The van der Waals surface area contributed by atoms with E-state index in [0.29, 0.717) is 0 Å². The van der Waals surface area contributed by atoms with Crippen molar-refractivity contribution in [1.82, 2.24) is 4.57 Å². The summed E-state index contributed by atoms with van der Waals surface area (Å²) >= 11 is 0. The number of hydrogen-bond donors (Lipinski definition) is 0. The maximum atomic E-state index is 15.0. The monoisotopic (exact) mass is 390 g/mol. The molecular weight excluding hydrogens is 374 g/mol. The van der Waals surface area contributed by atoms with Crippen molar-refractivity contribution in [1.29, 1.82) is 5.26 Å². The molecule has 7 nitrogen and oxygen atoms in total. The van der Waals surface area contributed by atoms with E-state index in [1.54, 1.807) is 13.0 Å². The van der Waals surface area contributed by atoms with E-state index < -0.39 is 51.9 Å². The number of nitrogens with zero attached hydrogens (tertiary/aromatic N) is 2. The summed E-state index contributed by atoms with van der Waals surface area (Å²) in [6, 6.07) is 2.52. The molecule has 0 saturated heterocycles. The van der Waals surface area contributed by atoms with Gasteiger partial charge in [0.1, 0.15) is 18.0 Å². The summed E-state index contributed by atoms with van der Waals surface area (Å²) in [5.41, 5.74) is -2.26. The van der Waals surface area contributed by atoms with Crippen molar-refractivity contribution in [3.05, 3.63) is 51.8 Å². The first-order valence-corrected chi connectivity index (χ1v) is 8.23. The van der Waals surface area contributed by atoms with Crippen molar-refractivity contribution >= 4 is 29.0 Å². The van der Waals surface area contributed by atoms with E-state index in [2.05, 4.69) is 6.58 Å². The molecule has 0 spiro atoms. The largest absolute Gasteiger partial charge is 0.464 e. The lowest BCUT2D eigenvalue weighted by atomic mass is 10.0. The summed E-state index contributed by atoms with van der Waals surface area (Å²) in [5, 5.41) is 8.02. The summed E-state index contributed by atoms with van der Waals surface area (Å²) in [6.45, 7) is 4.85. The molecule has 0 atom stereocenters. The van der Waals surface area contributed by atoms with Crippen LogP contribution in [0.1, 0.15) is 29.3 Å². The van der Waals surface area contributed by atoms with Gasteiger partial charge in [-0.3, -0.25) is 9.59 Å². The van der Waals surface area contributed by atoms with E-state index in [1.165, 1.54) is 0 Å². The van der Waals surface area contributed by atoms with Crippen LogP contribution in [-0.2, 0) is 20.7 Å². The zero-order valence-corrected chi connectivity index (χ0v) is 15.0. The average molecular weight is 390 g/mol. The second-order valence-corrected chi connectivity index (χ2v) is 5.53. The van der Waals surface area contributed by atoms with Gasteiger partial charge in [0.05, 0.1) is 36.4 Å². The molecule has 0 unspecified atom stereocenters. The molecule has 2 aromatic rings. The molecule has 0 aliphatic carbocycles. The van der Waals surface area contributed by atoms with Crippen LogP contribution in [0, 0.1) is 23.0 Å². The van der Waals surface area contributed by atoms with Gasteiger partial charge in [-0.25, -0.2) is 13.6 Å². The van der Waals surface area contributed by atoms with Crippen LogP contribution in [0.15, 0.2) is 23.6 Å². The summed E-state index contributed by atoms with van der Waals surface area (Å²) in [6.07, 6.45) is 1.37. The lowest BCUT2D eigenvalue weighted by Crippen LogP contribution is -2.21. The van der Waals surface area contributed by atoms with Crippen LogP contribution in [0.4, 0.5) is 8.78 Å². The van der Waals surface area contributed by atoms with Crippen molar-refractivity contribution in [2.75, 3.05) is 13.2 Å². The maximum Gasteiger partial charge on any atom is 0.343 e. The molecule has 0 aliphatic heterocycles. The molecule has 1 heterocycles. The quantitative estimate of drug-likeness (QED) is 0.532. The first-order chi connectivity index (χ1) is 13.3. The fraction of sp³-hybridized carbons (Fsp3) is 0.263. The number of carbonyl (C=O) groups is 2. The van der Waals surface area contributed by atoms with Crippen LogP contribution in [0.5, 0.6) is 0 Å². The fourth-order valence-corrected chi connectivity index (χ4v) is 2.55. The van der Waals surface area contributed by atoms with Gasteiger partial charge in [-0.15, -0.1) is 0 Å². The van der Waals surface area contributed by atoms with E-state index in [4.69, 9.17) is 14.7 Å². The molecule has 28 heavy (non-hydrogen) atoms. The van der Waals surface area contributed by atoms with Crippen molar-refractivity contribution in [2.45, 2.75) is 19.8 Å². The summed E-state index contributed by atoms with van der Waals surface area (Å²) in [4.78, 5) is 36.2. The number of aromatic nitrogens is 1. The third-order valence-electron chi connectivity index (χ3n) is 3.79. The molecule has 0 saturated carbocycles. The predicted molar refractivity (Wildman–Crippen MR) is 95.4 cm³/mol. The third-order valence-corrected chi connectivity index (χ3v) is 3.79. The number of ether oxygens (including phenoxy) is 2. The SMILES string of the molecule is C=Cn1cc(C(=O)OCC)c(=O)c2cc(F)c(CC(=O)OCCC#N)c(F)c21. The normalized spacial score (nSPS) is 10.4. The van der Waals surface area contributed by atoms with Crippen LogP contribution in [0.3, 0.4) is 0 Å². The third kappa shape index (κ3) is 4.06. The molecule has 0 radical (unpaired) electrons. The zero-order chi connectivity index (χ0) is 20.8. The number of pyridine rings is 1. The standard InChI is InChI=1S/C19H16F2N2O5/c1-3-23-10-13(19(26)27-4-2)18(25)12-8-14(20)11(16(21)17(12)23)9-15(24)28-7-5-6-22/h3,8,10H,1,4-5,7,9H2,2H3. The molecule has 9 heteroatoms. The van der Waals surface area contributed by atoms with E-state index in [-0.39, 0.29) is 25.2 Å². The van der Waals surface area contributed by atoms with Crippen molar-refractivity contribution < 1.29 is 27.8 Å². The Morgan fingerprint density at radius 3 is 2.68 bits per heavy atom. The van der Waals surface area contributed by atoms with Gasteiger partial charge in [0.2, 0.25) is 5.43 Å². The highest BCUT2D eigenvalue weighted by atomic mass is 19.1. The average Bonchev–Trinajstić information content (AvgIpc) is 2.66. The molecule has 0 bridgehead atoms. The lowest BCUT2D eigenvalue weighted by Gasteiger charge is -2.13. The smallest absolute Gasteiger partial charge is 0.343 e. The van der Waals surface area contributed by atoms with Gasteiger partial charge < -0.3 is 14.0 Å². The molecule has 146 valence electrons. The van der Waals surface area contributed by atoms with Gasteiger partial charge in [-0.1, -0.05) is 6.58 Å². The van der Waals surface area contributed by atoms with Gasteiger partial charge >= 0.3 is 11.9 Å². The van der Waals surface area contributed by atoms with Crippen LogP contribution >= 0.6 is 0 Å². The molecule has 0 aliphatic rings. The van der Waals surface area contributed by atoms with E-state index in [0.717, 1.165) is 23.0 Å². The Hall–Kier alpha value is -3.54. The van der Waals surface area contributed by atoms with E-state index >= 15 is 0 Å². The minimum Gasteiger partial charge on any atom is -0.464 e. The second-order valence-electron chi connectivity index (χ2n) is 5.53. The minimum absolute atomic E-state index is 0.0139. The number of benzene rings is 1. The van der Waals surface area contributed by atoms with Crippen LogP contribution in [-0.4, -0.2) is 29.7 Å².